The van der Waals surface area contributed by atoms with Gasteiger partial charge in [0.25, 0.3) is 5.91 Å². The van der Waals surface area contributed by atoms with Gasteiger partial charge in [-0.2, -0.15) is 0 Å². The van der Waals surface area contributed by atoms with Gasteiger partial charge in [0.1, 0.15) is 0 Å². The van der Waals surface area contributed by atoms with Crippen molar-refractivity contribution < 1.29 is 19.5 Å². The monoisotopic (exact) mass is 272 g/mol. The number of carbonyl (C=O) groups excluding carboxylic acids is 1. The van der Waals surface area contributed by atoms with Crippen LogP contribution in [0, 0.1) is 11.3 Å². The molecule has 110 valence electrons. The zero-order valence-electron chi connectivity index (χ0n) is 12.3. The van der Waals surface area contributed by atoms with E-state index in [0.29, 0.717) is 19.4 Å². The molecule has 0 aromatic carbocycles. The van der Waals surface area contributed by atoms with Crippen LogP contribution in [0.5, 0.6) is 0 Å². The van der Waals surface area contributed by atoms with E-state index in [2.05, 4.69) is 0 Å². The molecule has 1 N–H and O–H groups in total. The van der Waals surface area contributed by atoms with Crippen molar-refractivity contribution in [3.8, 4) is 0 Å². The van der Waals surface area contributed by atoms with Gasteiger partial charge in [0.2, 0.25) is 0 Å². The summed E-state index contributed by atoms with van der Waals surface area (Å²) in [5.41, 5.74) is -0.298. The molecular formula is C13H24N2O4. The van der Waals surface area contributed by atoms with E-state index in [-0.39, 0.29) is 23.3 Å². The molecule has 0 bridgehead atoms. The number of rotatable bonds is 2. The summed E-state index contributed by atoms with van der Waals surface area (Å²) in [5, 5.41) is 10.5. The second-order valence-corrected chi connectivity index (χ2v) is 6.05. The van der Waals surface area contributed by atoms with Gasteiger partial charge in [-0.05, 0) is 18.3 Å². The minimum atomic E-state index is -0.961. The summed E-state index contributed by atoms with van der Waals surface area (Å²) < 4.78 is 0. The molecule has 0 aromatic rings. The Morgan fingerprint density at radius 2 is 1.95 bits per heavy atom. The number of likely N-dealkylation sites (tertiary alicyclic amines) is 1. The Morgan fingerprint density at radius 3 is 2.37 bits per heavy atom. The van der Waals surface area contributed by atoms with Crippen molar-refractivity contribution in [2.24, 2.45) is 11.3 Å². The molecular weight excluding hydrogens is 248 g/mol. The number of hydroxylamine groups is 2. The minimum Gasteiger partial charge on any atom is -0.465 e. The normalized spacial score (nSPS) is 24.2. The lowest BCUT2D eigenvalue weighted by Gasteiger charge is -2.46. The molecule has 0 spiro atoms. The van der Waals surface area contributed by atoms with Crippen molar-refractivity contribution in [2.75, 3.05) is 20.7 Å². The van der Waals surface area contributed by atoms with Crippen LogP contribution in [0.25, 0.3) is 0 Å². The smallest absolute Gasteiger partial charge is 0.407 e. The van der Waals surface area contributed by atoms with Crippen LogP contribution < -0.4 is 0 Å². The number of carbonyl (C=O) groups is 2. The van der Waals surface area contributed by atoms with E-state index in [0.717, 1.165) is 0 Å². The van der Waals surface area contributed by atoms with Crippen molar-refractivity contribution in [1.29, 1.82) is 0 Å². The first kappa shape index (κ1) is 15.8. The molecule has 1 aliphatic rings. The molecule has 1 rings (SSSR count). The van der Waals surface area contributed by atoms with Crippen LogP contribution in [0.3, 0.4) is 0 Å². The summed E-state index contributed by atoms with van der Waals surface area (Å²) >= 11 is 0. The number of carboxylic acid groups (broad SMARTS) is 1. The molecule has 0 saturated carbocycles. The van der Waals surface area contributed by atoms with Crippen LogP contribution >= 0.6 is 0 Å². The Labute approximate surface area is 114 Å². The van der Waals surface area contributed by atoms with Crippen LogP contribution in [-0.4, -0.2) is 53.8 Å². The maximum Gasteiger partial charge on any atom is 0.407 e. The highest BCUT2D eigenvalue weighted by atomic mass is 16.7. The highest BCUT2D eigenvalue weighted by Crippen LogP contribution is 2.36. The van der Waals surface area contributed by atoms with Gasteiger partial charge in [0, 0.05) is 13.6 Å². The Hall–Kier alpha value is -1.30. The fourth-order valence-corrected chi connectivity index (χ4v) is 2.86. The number of amides is 2. The largest absolute Gasteiger partial charge is 0.465 e. The first-order valence-corrected chi connectivity index (χ1v) is 6.51. The fourth-order valence-electron chi connectivity index (χ4n) is 2.86. The van der Waals surface area contributed by atoms with E-state index in [1.54, 1.807) is 7.05 Å². The average Bonchev–Trinajstić information content (AvgIpc) is 2.34. The molecule has 6 nitrogen and oxygen atoms in total. The Morgan fingerprint density at radius 1 is 1.37 bits per heavy atom. The maximum absolute atomic E-state index is 12.3. The van der Waals surface area contributed by atoms with Crippen LogP contribution in [0.2, 0.25) is 0 Å². The molecule has 0 aliphatic carbocycles. The van der Waals surface area contributed by atoms with Crippen LogP contribution in [0.4, 0.5) is 4.79 Å². The summed E-state index contributed by atoms with van der Waals surface area (Å²) in [4.78, 5) is 30.1. The zero-order valence-corrected chi connectivity index (χ0v) is 12.3. The molecule has 2 amide bonds. The fraction of sp³-hybridized carbons (Fsp3) is 0.846. The van der Waals surface area contributed by atoms with Crippen LogP contribution in [0.1, 0.15) is 33.6 Å². The van der Waals surface area contributed by atoms with Crippen molar-refractivity contribution in [2.45, 2.75) is 39.7 Å². The summed E-state index contributed by atoms with van der Waals surface area (Å²) in [6.07, 6.45) is 0.433. The standard InChI is InChI=1S/C13H24N2O4/c1-13(2,3)10-9(11(16)14(4)19-5)7-6-8-15(10)12(17)18/h9-10H,6-8H2,1-5H3,(H,17,18)/t9-,10?/m0/s1. The second-order valence-electron chi connectivity index (χ2n) is 6.05. The van der Waals surface area contributed by atoms with Crippen molar-refractivity contribution in [1.82, 2.24) is 9.96 Å². The SMILES string of the molecule is CON(C)C(=O)[C@H]1CCCN(C(=O)O)C1C(C)(C)C. The molecule has 2 atom stereocenters. The van der Waals surface area contributed by atoms with E-state index in [1.807, 2.05) is 20.8 Å². The van der Waals surface area contributed by atoms with E-state index < -0.39 is 6.09 Å². The van der Waals surface area contributed by atoms with Gasteiger partial charge in [-0.1, -0.05) is 20.8 Å². The third-order valence-electron chi connectivity index (χ3n) is 3.67. The van der Waals surface area contributed by atoms with Gasteiger partial charge in [0.15, 0.2) is 0 Å². The average molecular weight is 272 g/mol. The van der Waals surface area contributed by atoms with Gasteiger partial charge in [-0.3, -0.25) is 9.63 Å². The predicted octanol–water partition coefficient (Wildman–Crippen LogP) is 1.81. The Bertz CT molecular complexity index is 351. The molecule has 19 heavy (non-hydrogen) atoms. The first-order chi connectivity index (χ1) is 8.70. The first-order valence-electron chi connectivity index (χ1n) is 6.51. The number of hydrogen-bond acceptors (Lipinski definition) is 3. The van der Waals surface area contributed by atoms with Crippen LogP contribution in [0.15, 0.2) is 0 Å². The lowest BCUT2D eigenvalue weighted by Crippen LogP contribution is -2.57. The lowest BCUT2D eigenvalue weighted by molar-refractivity contribution is -0.178. The Kier molecular flexibility index (Phi) is 4.79. The van der Waals surface area contributed by atoms with E-state index in [1.165, 1.54) is 17.1 Å². The third-order valence-corrected chi connectivity index (χ3v) is 3.67. The molecule has 1 aliphatic heterocycles. The van der Waals surface area contributed by atoms with Gasteiger partial charge in [0.05, 0.1) is 19.1 Å². The third kappa shape index (κ3) is 3.37. The Balaban J connectivity index is 3.06. The number of hydrogen-bond donors (Lipinski definition) is 1. The molecule has 1 unspecified atom stereocenters. The highest BCUT2D eigenvalue weighted by molar-refractivity contribution is 5.79. The van der Waals surface area contributed by atoms with E-state index in [4.69, 9.17) is 4.84 Å². The van der Waals surface area contributed by atoms with Gasteiger partial charge in [-0.15, -0.1) is 0 Å². The molecule has 1 heterocycles. The molecule has 1 fully saturated rings. The predicted molar refractivity (Wildman–Crippen MR) is 70.5 cm³/mol. The van der Waals surface area contributed by atoms with E-state index >= 15 is 0 Å². The van der Waals surface area contributed by atoms with Crippen molar-refractivity contribution in [3.63, 3.8) is 0 Å². The van der Waals surface area contributed by atoms with Gasteiger partial charge >= 0.3 is 6.09 Å². The van der Waals surface area contributed by atoms with Crippen LogP contribution in [-0.2, 0) is 9.63 Å². The van der Waals surface area contributed by atoms with Gasteiger partial charge in [-0.25, -0.2) is 9.86 Å². The number of nitrogens with zero attached hydrogens (tertiary/aromatic N) is 2. The summed E-state index contributed by atoms with van der Waals surface area (Å²) in [6, 6.07) is -0.330. The van der Waals surface area contributed by atoms with Gasteiger partial charge < -0.3 is 10.0 Å². The molecule has 6 heteroatoms. The maximum atomic E-state index is 12.3. The topological polar surface area (TPSA) is 70.1 Å². The van der Waals surface area contributed by atoms with Crippen molar-refractivity contribution >= 4 is 12.0 Å². The summed E-state index contributed by atoms with van der Waals surface area (Å²) in [6.45, 7) is 6.38. The minimum absolute atomic E-state index is 0.159. The molecule has 1 saturated heterocycles. The quantitative estimate of drug-likeness (QED) is 0.778. The lowest BCUT2D eigenvalue weighted by atomic mass is 9.73. The zero-order chi connectivity index (χ0) is 14.8. The second kappa shape index (κ2) is 5.77. The highest BCUT2D eigenvalue weighted by Gasteiger charge is 2.45. The molecule has 0 aromatic heterocycles. The summed E-state index contributed by atoms with van der Waals surface area (Å²) in [7, 11) is 2.99. The number of piperidine rings is 1. The van der Waals surface area contributed by atoms with Crippen molar-refractivity contribution in [3.05, 3.63) is 0 Å². The molecule has 0 radical (unpaired) electrons. The summed E-state index contributed by atoms with van der Waals surface area (Å²) in [5.74, 6) is -0.511. The van der Waals surface area contributed by atoms with E-state index in [9.17, 15) is 14.7 Å².